The number of nitrogens with one attached hydrogen (secondary N) is 1. The Morgan fingerprint density at radius 2 is 1.68 bits per heavy atom. The Balaban J connectivity index is 1.72. The van der Waals surface area contributed by atoms with E-state index in [4.69, 9.17) is 0 Å². The van der Waals surface area contributed by atoms with Crippen molar-refractivity contribution in [3.8, 4) is 0 Å². The highest BCUT2D eigenvalue weighted by molar-refractivity contribution is 7.89. The third-order valence-electron chi connectivity index (χ3n) is 4.13. The molecule has 5 heteroatoms. The predicted octanol–water partition coefficient (Wildman–Crippen LogP) is 3.63. The smallest absolute Gasteiger partial charge is 0.240 e. The lowest BCUT2D eigenvalue weighted by molar-refractivity contribution is 0.578. The lowest BCUT2D eigenvalue weighted by Crippen LogP contribution is -2.24. The van der Waals surface area contributed by atoms with E-state index in [-0.39, 0.29) is 11.4 Å². The number of aromatic nitrogens is 1. The lowest BCUT2D eigenvalue weighted by Gasteiger charge is -2.11. The van der Waals surface area contributed by atoms with Gasteiger partial charge in [-0.1, -0.05) is 47.5 Å². The highest BCUT2D eigenvalue weighted by atomic mass is 32.2. The first-order valence-electron chi connectivity index (χ1n) is 8.20. The minimum atomic E-state index is -3.51. The van der Waals surface area contributed by atoms with Crippen molar-refractivity contribution in [2.75, 3.05) is 0 Å². The molecule has 4 nitrogen and oxygen atoms in total. The summed E-state index contributed by atoms with van der Waals surface area (Å²) in [6.45, 7) is 4.98. The summed E-state index contributed by atoms with van der Waals surface area (Å²) in [7, 11) is -3.51. The zero-order chi connectivity index (χ0) is 17.9. The normalized spacial score (nSPS) is 11.6. The second-order valence-corrected chi connectivity index (χ2v) is 8.02. The number of hydrogen-bond donors (Lipinski definition) is 1. The third-order valence-corrected chi connectivity index (χ3v) is 5.55. The standard InChI is InChI=1S/C20H22N2O2S/c1-16-8-10-20(11-9-16)25(23,24)21-14-19-7-4-12-22(19)15-18-6-3-5-17(2)13-18/h3-13,21H,14-15H2,1-2H3. The average Bonchev–Trinajstić information content (AvgIpc) is 3.01. The highest BCUT2D eigenvalue weighted by Crippen LogP contribution is 2.13. The Labute approximate surface area is 149 Å². The van der Waals surface area contributed by atoms with Gasteiger partial charge in [-0.2, -0.15) is 0 Å². The molecule has 1 N–H and O–H groups in total. The van der Waals surface area contributed by atoms with Crippen LogP contribution in [0, 0.1) is 13.8 Å². The Kier molecular flexibility index (Phi) is 5.06. The first-order valence-corrected chi connectivity index (χ1v) is 9.68. The minimum absolute atomic E-state index is 0.259. The second kappa shape index (κ2) is 7.25. The fraction of sp³-hybridized carbons (Fsp3) is 0.200. The van der Waals surface area contributed by atoms with Gasteiger partial charge in [0, 0.05) is 18.4 Å². The van der Waals surface area contributed by atoms with Crippen LogP contribution in [0.15, 0.2) is 71.8 Å². The molecule has 0 amide bonds. The summed E-state index contributed by atoms with van der Waals surface area (Å²) in [6.07, 6.45) is 1.97. The molecule has 0 saturated heterocycles. The Morgan fingerprint density at radius 3 is 2.40 bits per heavy atom. The van der Waals surface area contributed by atoms with Gasteiger partial charge in [-0.05, 0) is 43.7 Å². The summed E-state index contributed by atoms with van der Waals surface area (Å²) in [5, 5.41) is 0. The molecular weight excluding hydrogens is 332 g/mol. The van der Waals surface area contributed by atoms with Crippen LogP contribution in [0.4, 0.5) is 0 Å². The van der Waals surface area contributed by atoms with Gasteiger partial charge in [0.25, 0.3) is 0 Å². The number of rotatable bonds is 6. The van der Waals surface area contributed by atoms with Crippen LogP contribution in [0.2, 0.25) is 0 Å². The monoisotopic (exact) mass is 354 g/mol. The number of hydrogen-bond acceptors (Lipinski definition) is 2. The molecule has 0 spiro atoms. The van der Waals surface area contributed by atoms with Gasteiger partial charge in [0.15, 0.2) is 0 Å². The average molecular weight is 354 g/mol. The van der Waals surface area contributed by atoms with Crippen molar-refractivity contribution in [1.29, 1.82) is 0 Å². The SMILES string of the molecule is Cc1ccc(S(=O)(=O)NCc2cccn2Cc2cccc(C)c2)cc1. The van der Waals surface area contributed by atoms with Gasteiger partial charge in [0.2, 0.25) is 10.0 Å². The maximum absolute atomic E-state index is 12.4. The molecule has 0 unspecified atom stereocenters. The first kappa shape index (κ1) is 17.5. The fourth-order valence-corrected chi connectivity index (χ4v) is 3.74. The molecule has 130 valence electrons. The van der Waals surface area contributed by atoms with Crippen molar-refractivity contribution in [3.63, 3.8) is 0 Å². The van der Waals surface area contributed by atoms with E-state index >= 15 is 0 Å². The van der Waals surface area contributed by atoms with Gasteiger partial charge in [0.05, 0.1) is 11.4 Å². The van der Waals surface area contributed by atoms with Crippen LogP contribution in [-0.2, 0) is 23.1 Å². The van der Waals surface area contributed by atoms with E-state index in [1.54, 1.807) is 24.3 Å². The fourth-order valence-electron chi connectivity index (χ4n) is 2.74. The van der Waals surface area contributed by atoms with Gasteiger partial charge in [-0.3, -0.25) is 0 Å². The zero-order valence-corrected chi connectivity index (χ0v) is 15.3. The summed E-state index contributed by atoms with van der Waals surface area (Å²) < 4.78 is 29.6. The molecule has 3 rings (SSSR count). The summed E-state index contributed by atoms with van der Waals surface area (Å²) in [5.74, 6) is 0. The van der Waals surface area contributed by atoms with Gasteiger partial charge in [-0.25, -0.2) is 13.1 Å². The first-order chi connectivity index (χ1) is 11.9. The predicted molar refractivity (Wildman–Crippen MR) is 99.9 cm³/mol. The van der Waals surface area contributed by atoms with Crippen molar-refractivity contribution in [2.24, 2.45) is 0 Å². The van der Waals surface area contributed by atoms with Crippen molar-refractivity contribution in [3.05, 3.63) is 89.2 Å². The van der Waals surface area contributed by atoms with Crippen LogP contribution in [0.5, 0.6) is 0 Å². The van der Waals surface area contributed by atoms with Gasteiger partial charge >= 0.3 is 0 Å². The van der Waals surface area contributed by atoms with Crippen LogP contribution in [0.3, 0.4) is 0 Å². The molecule has 1 heterocycles. The number of benzene rings is 2. The molecule has 2 aromatic carbocycles. The molecule has 0 atom stereocenters. The molecule has 0 bridgehead atoms. The molecule has 0 fully saturated rings. The van der Waals surface area contributed by atoms with E-state index in [2.05, 4.69) is 34.4 Å². The van der Waals surface area contributed by atoms with Crippen molar-refractivity contribution in [1.82, 2.24) is 9.29 Å². The van der Waals surface area contributed by atoms with Crippen LogP contribution in [0.25, 0.3) is 0 Å². The summed E-state index contributed by atoms with van der Waals surface area (Å²) >= 11 is 0. The van der Waals surface area contributed by atoms with E-state index < -0.39 is 10.0 Å². The largest absolute Gasteiger partial charge is 0.346 e. The number of sulfonamides is 1. The summed E-state index contributed by atoms with van der Waals surface area (Å²) in [6, 6.07) is 19.0. The van der Waals surface area contributed by atoms with Crippen LogP contribution >= 0.6 is 0 Å². The summed E-state index contributed by atoms with van der Waals surface area (Å²) in [5.41, 5.74) is 4.37. The topological polar surface area (TPSA) is 51.1 Å². The number of aryl methyl sites for hydroxylation is 2. The van der Waals surface area contributed by atoms with Gasteiger partial charge in [-0.15, -0.1) is 0 Å². The Bertz CT molecular complexity index is 957. The van der Waals surface area contributed by atoms with Gasteiger partial charge in [0.1, 0.15) is 0 Å². The van der Waals surface area contributed by atoms with Crippen LogP contribution in [0.1, 0.15) is 22.4 Å². The molecule has 0 aliphatic heterocycles. The third kappa shape index (κ3) is 4.38. The van der Waals surface area contributed by atoms with Crippen LogP contribution < -0.4 is 4.72 Å². The van der Waals surface area contributed by atoms with Gasteiger partial charge < -0.3 is 4.57 Å². The van der Waals surface area contributed by atoms with Crippen molar-refractivity contribution >= 4 is 10.0 Å². The maximum Gasteiger partial charge on any atom is 0.240 e. The minimum Gasteiger partial charge on any atom is -0.346 e. The van der Waals surface area contributed by atoms with E-state index in [9.17, 15) is 8.42 Å². The van der Waals surface area contributed by atoms with E-state index in [1.165, 1.54) is 11.1 Å². The Hall–Kier alpha value is -2.37. The zero-order valence-electron chi connectivity index (χ0n) is 14.4. The molecule has 25 heavy (non-hydrogen) atoms. The molecular formula is C20H22N2O2S. The van der Waals surface area contributed by atoms with E-state index in [1.807, 2.05) is 31.3 Å². The number of nitrogens with zero attached hydrogens (tertiary/aromatic N) is 1. The molecule has 1 aromatic heterocycles. The van der Waals surface area contributed by atoms with Crippen molar-refractivity contribution < 1.29 is 8.42 Å². The van der Waals surface area contributed by atoms with Crippen molar-refractivity contribution in [2.45, 2.75) is 31.8 Å². The van der Waals surface area contributed by atoms with Crippen LogP contribution in [-0.4, -0.2) is 13.0 Å². The molecule has 0 aliphatic carbocycles. The summed E-state index contributed by atoms with van der Waals surface area (Å²) in [4.78, 5) is 0.287. The lowest BCUT2D eigenvalue weighted by atomic mass is 10.1. The maximum atomic E-state index is 12.4. The molecule has 0 saturated carbocycles. The van der Waals surface area contributed by atoms with E-state index in [0.717, 1.165) is 17.8 Å². The quantitative estimate of drug-likeness (QED) is 0.735. The van der Waals surface area contributed by atoms with E-state index in [0.29, 0.717) is 0 Å². The Morgan fingerprint density at radius 1 is 0.920 bits per heavy atom. The molecule has 0 radical (unpaired) electrons. The molecule has 3 aromatic rings. The molecule has 0 aliphatic rings. The highest BCUT2D eigenvalue weighted by Gasteiger charge is 2.14. The second-order valence-electron chi connectivity index (χ2n) is 6.25.